The Morgan fingerprint density at radius 2 is 1.97 bits per heavy atom. The summed E-state index contributed by atoms with van der Waals surface area (Å²) in [5.41, 5.74) is -1.61. The van der Waals surface area contributed by atoms with Crippen LogP contribution in [-0.4, -0.2) is 44.5 Å². The van der Waals surface area contributed by atoms with E-state index in [9.17, 15) is 27.2 Å². The summed E-state index contributed by atoms with van der Waals surface area (Å²) in [6.45, 7) is -1.73. The summed E-state index contributed by atoms with van der Waals surface area (Å²) >= 11 is 1.02. The van der Waals surface area contributed by atoms with Crippen LogP contribution in [0.5, 0.6) is 0 Å². The third-order valence-electron chi connectivity index (χ3n) is 4.07. The minimum atomic E-state index is -4.52. The zero-order valence-electron chi connectivity index (χ0n) is 15.1. The van der Waals surface area contributed by atoms with Gasteiger partial charge in [0.15, 0.2) is 0 Å². The van der Waals surface area contributed by atoms with E-state index in [-0.39, 0.29) is 16.9 Å². The second-order valence-electron chi connectivity index (χ2n) is 6.13. The van der Waals surface area contributed by atoms with Gasteiger partial charge in [0.2, 0.25) is 0 Å². The molecular weight excluding hydrogens is 428 g/mol. The first-order valence-electron chi connectivity index (χ1n) is 8.44. The third-order valence-corrected chi connectivity index (χ3v) is 4.64. The number of carbonyl (C=O) groups excluding carboxylic acids is 1. The van der Waals surface area contributed by atoms with Gasteiger partial charge in [-0.2, -0.15) is 27.3 Å². The molecule has 0 bridgehead atoms. The molecule has 2 N–H and O–H groups in total. The number of rotatable bonds is 6. The first-order valence-corrected chi connectivity index (χ1v) is 9.27. The smallest absolute Gasteiger partial charge is 0.394 e. The lowest BCUT2D eigenvalue weighted by molar-refractivity contribution is -0.137. The average Bonchev–Trinajstić information content (AvgIpc) is 3.26. The molecule has 0 aliphatic carbocycles. The lowest BCUT2D eigenvalue weighted by Crippen LogP contribution is -2.42. The van der Waals surface area contributed by atoms with Gasteiger partial charge in [0.1, 0.15) is 12.2 Å². The van der Waals surface area contributed by atoms with E-state index in [1.807, 2.05) is 0 Å². The molecule has 1 amide bonds. The van der Waals surface area contributed by atoms with Crippen molar-refractivity contribution < 1.29 is 27.5 Å². The number of hydrogen-bond acceptors (Lipinski definition) is 6. The van der Waals surface area contributed by atoms with E-state index in [0.29, 0.717) is 0 Å². The second kappa shape index (κ2) is 8.71. The molecule has 7 nitrogen and oxygen atoms in total. The maximum atomic E-state index is 12.8. The molecule has 0 radical (unpaired) electrons. The number of aliphatic hydroxyl groups is 1. The number of amides is 1. The molecule has 0 saturated heterocycles. The minimum absolute atomic E-state index is 0.0421. The maximum Gasteiger partial charge on any atom is 0.416 e. The van der Waals surface area contributed by atoms with E-state index in [1.165, 1.54) is 11.6 Å². The molecule has 2 heterocycles. The highest BCUT2D eigenvalue weighted by molar-refractivity contribution is 7.03. The van der Waals surface area contributed by atoms with Crippen LogP contribution in [0.2, 0.25) is 0 Å². The van der Waals surface area contributed by atoms with E-state index in [2.05, 4.69) is 14.8 Å². The Hall–Kier alpha value is -3.12. The first kappa shape index (κ1) is 21.6. The molecular formula is C18H14F4N4O3S. The molecule has 158 valence electrons. The van der Waals surface area contributed by atoms with Crippen LogP contribution >= 0.6 is 11.5 Å². The Balaban J connectivity index is 2.11. The van der Waals surface area contributed by atoms with Gasteiger partial charge in [-0.1, -0.05) is 12.1 Å². The molecule has 1 atom stereocenters. The Kier molecular flexibility index (Phi) is 6.27. The predicted octanol–water partition coefficient (Wildman–Crippen LogP) is 2.43. The summed E-state index contributed by atoms with van der Waals surface area (Å²) in [7, 11) is 0. The van der Waals surface area contributed by atoms with E-state index in [1.54, 1.807) is 0 Å². The van der Waals surface area contributed by atoms with Crippen molar-refractivity contribution in [1.29, 1.82) is 0 Å². The summed E-state index contributed by atoms with van der Waals surface area (Å²) in [6, 6.07) is 3.91. The highest BCUT2D eigenvalue weighted by atomic mass is 32.1. The Morgan fingerprint density at radius 3 is 2.50 bits per heavy atom. The molecule has 0 aliphatic rings. The van der Waals surface area contributed by atoms with Crippen LogP contribution < -0.4 is 10.9 Å². The van der Waals surface area contributed by atoms with Gasteiger partial charge >= 0.3 is 6.18 Å². The van der Waals surface area contributed by atoms with Crippen molar-refractivity contribution in [3.05, 3.63) is 63.4 Å². The molecule has 2 aromatic heterocycles. The van der Waals surface area contributed by atoms with Crippen LogP contribution in [0.4, 0.5) is 17.6 Å². The molecule has 3 aromatic rings. The number of hydrogen-bond donors (Lipinski definition) is 2. The van der Waals surface area contributed by atoms with Gasteiger partial charge in [0.05, 0.1) is 35.8 Å². The third kappa shape index (κ3) is 4.54. The van der Waals surface area contributed by atoms with Gasteiger partial charge in [0.25, 0.3) is 11.5 Å². The molecule has 30 heavy (non-hydrogen) atoms. The normalized spacial score (nSPS) is 12.6. The van der Waals surface area contributed by atoms with Crippen molar-refractivity contribution in [1.82, 2.24) is 19.5 Å². The van der Waals surface area contributed by atoms with Crippen molar-refractivity contribution in [3.63, 3.8) is 0 Å². The van der Waals surface area contributed by atoms with Crippen LogP contribution in [0.3, 0.4) is 0 Å². The molecule has 0 spiro atoms. The molecule has 0 fully saturated rings. The van der Waals surface area contributed by atoms with Crippen molar-refractivity contribution in [3.8, 4) is 16.9 Å². The summed E-state index contributed by atoms with van der Waals surface area (Å²) in [5.74, 6) is -0.954. The largest absolute Gasteiger partial charge is 0.416 e. The lowest BCUT2D eigenvalue weighted by atomic mass is 10.1. The topological polar surface area (TPSA) is 97.1 Å². The number of benzene rings is 1. The fourth-order valence-electron chi connectivity index (χ4n) is 2.50. The van der Waals surface area contributed by atoms with Crippen LogP contribution in [0.25, 0.3) is 16.9 Å². The van der Waals surface area contributed by atoms with E-state index in [4.69, 9.17) is 5.11 Å². The van der Waals surface area contributed by atoms with Crippen LogP contribution in [0.15, 0.2) is 46.7 Å². The molecule has 1 aromatic carbocycles. The van der Waals surface area contributed by atoms with Crippen molar-refractivity contribution >= 4 is 17.4 Å². The zero-order valence-corrected chi connectivity index (χ0v) is 15.9. The van der Waals surface area contributed by atoms with Crippen LogP contribution in [0, 0.1) is 0 Å². The monoisotopic (exact) mass is 442 g/mol. The summed E-state index contributed by atoms with van der Waals surface area (Å²) < 4.78 is 56.0. The van der Waals surface area contributed by atoms with Gasteiger partial charge in [-0.25, -0.2) is 4.39 Å². The van der Waals surface area contributed by atoms with Gasteiger partial charge < -0.3 is 10.4 Å². The average molecular weight is 442 g/mol. The van der Waals surface area contributed by atoms with Gasteiger partial charge in [0, 0.05) is 10.9 Å². The number of nitrogens with one attached hydrogen (secondary N) is 1. The fourth-order valence-corrected chi connectivity index (χ4v) is 3.00. The van der Waals surface area contributed by atoms with E-state index < -0.39 is 48.1 Å². The number of aliphatic hydroxyl groups excluding tert-OH is 1. The summed E-state index contributed by atoms with van der Waals surface area (Å²) in [6.07, 6.45) is -3.20. The molecule has 0 aliphatic heterocycles. The number of nitrogens with zero attached hydrogens (tertiary/aromatic N) is 3. The van der Waals surface area contributed by atoms with Crippen molar-refractivity contribution in [2.24, 2.45) is 0 Å². The Bertz CT molecular complexity index is 1080. The second-order valence-corrected chi connectivity index (χ2v) is 6.78. The lowest BCUT2D eigenvalue weighted by Gasteiger charge is -2.14. The van der Waals surface area contributed by atoms with E-state index >= 15 is 0 Å². The molecule has 0 unspecified atom stereocenters. The van der Waals surface area contributed by atoms with Gasteiger partial charge in [-0.15, -0.1) is 0 Å². The maximum absolute atomic E-state index is 12.8. The molecule has 12 heteroatoms. The quantitative estimate of drug-likeness (QED) is 0.572. The number of carbonyl (C=O) groups is 1. The van der Waals surface area contributed by atoms with Crippen LogP contribution in [-0.2, 0) is 6.18 Å². The molecule has 0 saturated carbocycles. The summed E-state index contributed by atoms with van der Waals surface area (Å²) in [4.78, 5) is 25.2. The Labute approximate surface area is 170 Å². The number of aromatic nitrogens is 3. The number of halogens is 4. The van der Waals surface area contributed by atoms with Gasteiger partial charge in [-0.05, 0) is 29.7 Å². The Morgan fingerprint density at radius 1 is 1.27 bits per heavy atom. The zero-order chi connectivity index (χ0) is 21.9. The highest BCUT2D eigenvalue weighted by Crippen LogP contribution is 2.30. The highest BCUT2D eigenvalue weighted by Gasteiger charge is 2.30. The SMILES string of the molecule is O=C(N[C@H](CO)CF)c1cc(-c2ccc(C(F)(F)F)cc2)nn(-c2cnsc2)c1=O. The van der Waals surface area contributed by atoms with Crippen molar-refractivity contribution in [2.75, 3.05) is 13.3 Å². The standard InChI is InChI=1S/C18H14F4N4O3S/c19-6-12(8-27)24-16(28)14-5-15(10-1-3-11(4-2-10)18(20,21)22)25-26(17(14)29)13-7-23-30-9-13/h1-5,7,9,12,27H,6,8H2,(H,24,28)/t12-/m0/s1. The number of alkyl halides is 4. The van der Waals surface area contributed by atoms with Crippen LogP contribution in [0.1, 0.15) is 15.9 Å². The van der Waals surface area contributed by atoms with Crippen molar-refractivity contribution in [2.45, 2.75) is 12.2 Å². The first-order chi connectivity index (χ1) is 14.2. The molecule has 3 rings (SSSR count). The van der Waals surface area contributed by atoms with E-state index in [0.717, 1.165) is 46.5 Å². The fraction of sp³-hybridized carbons (Fsp3) is 0.222. The predicted molar refractivity (Wildman–Crippen MR) is 100 cm³/mol. The minimum Gasteiger partial charge on any atom is -0.394 e. The summed E-state index contributed by atoms with van der Waals surface area (Å²) in [5, 5.41) is 16.9. The van der Waals surface area contributed by atoms with Gasteiger partial charge in [-0.3, -0.25) is 9.59 Å².